The lowest BCUT2D eigenvalue weighted by atomic mass is 9.90. The van der Waals surface area contributed by atoms with E-state index < -0.39 is 5.97 Å². The molecule has 0 amide bonds. The minimum absolute atomic E-state index is 0.0606. The van der Waals surface area contributed by atoms with Crippen molar-refractivity contribution in [1.82, 2.24) is 0 Å². The molecular weight excluding hydrogens is 477 g/mol. The number of hydrogen-bond donors (Lipinski definition) is 3. The largest absolute Gasteiger partial charge is 0.507 e. The predicted molar refractivity (Wildman–Crippen MR) is 119 cm³/mol. The smallest absolute Gasteiger partial charge is 0.337 e. The molecule has 3 aromatic carbocycles. The number of aryl methyl sites for hydroxylation is 1. The van der Waals surface area contributed by atoms with Crippen molar-refractivity contribution in [2.75, 3.05) is 11.8 Å². The van der Waals surface area contributed by atoms with Crippen LogP contribution in [0, 0.1) is 13.8 Å². The number of carbonyl (C=O) groups excluding carboxylic acids is 1. The lowest BCUT2D eigenvalue weighted by Gasteiger charge is -2.18. The van der Waals surface area contributed by atoms with Gasteiger partial charge in [-0.05, 0) is 60.0 Å². The third-order valence-electron chi connectivity index (χ3n) is 4.57. The summed E-state index contributed by atoms with van der Waals surface area (Å²) in [6.45, 7) is 3.71. The summed E-state index contributed by atoms with van der Waals surface area (Å²) in [5, 5.41) is 22.9. The number of nitrogens with one attached hydrogen (secondary N) is 1. The summed E-state index contributed by atoms with van der Waals surface area (Å²) in [6, 6.07) is 10.3. The molecule has 0 atom stereocenters. The predicted octanol–water partition coefficient (Wildman–Crippen LogP) is 5.73. The van der Waals surface area contributed by atoms with Gasteiger partial charge in [0.25, 0.3) is 0 Å². The molecule has 3 aromatic rings. The van der Waals surface area contributed by atoms with Crippen LogP contribution < -0.4 is 4.72 Å². The van der Waals surface area contributed by atoms with Gasteiger partial charge in [-0.1, -0.05) is 12.1 Å². The van der Waals surface area contributed by atoms with Gasteiger partial charge in [-0.2, -0.15) is 0 Å². The first kappa shape index (κ1) is 19.6. The van der Waals surface area contributed by atoms with Gasteiger partial charge < -0.3 is 19.7 Å². The molecule has 0 aliphatic rings. The molecule has 5 nitrogen and oxygen atoms in total. The standard InChI is InChI=1S/C20H18INO4S/c1-10-8-15(22-27-21)11(2)17(19(10)24)18-14-6-4-13(20(25)26-3)9-12(14)5-7-16(18)23/h4-9,22-24H,1-3H3. The zero-order valence-electron chi connectivity index (χ0n) is 15.0. The second kappa shape index (κ2) is 7.85. The summed E-state index contributed by atoms with van der Waals surface area (Å²) >= 11 is 2.14. The average Bonchev–Trinajstić information content (AvgIpc) is 2.67. The molecule has 0 radical (unpaired) electrons. The van der Waals surface area contributed by atoms with Crippen LogP contribution in [0.15, 0.2) is 36.4 Å². The van der Waals surface area contributed by atoms with Crippen molar-refractivity contribution in [1.29, 1.82) is 0 Å². The van der Waals surface area contributed by atoms with E-state index in [-0.39, 0.29) is 11.5 Å². The Morgan fingerprint density at radius 1 is 1.11 bits per heavy atom. The molecule has 3 N–H and O–H groups in total. The first-order valence-corrected chi connectivity index (χ1v) is 11.5. The van der Waals surface area contributed by atoms with E-state index >= 15 is 0 Å². The fourth-order valence-electron chi connectivity index (χ4n) is 3.18. The normalized spacial score (nSPS) is 10.8. The summed E-state index contributed by atoms with van der Waals surface area (Å²) in [7, 11) is 2.76. The molecule has 0 fully saturated rings. The highest BCUT2D eigenvalue weighted by Gasteiger charge is 2.20. The van der Waals surface area contributed by atoms with Crippen molar-refractivity contribution in [2.45, 2.75) is 13.8 Å². The highest BCUT2D eigenvalue weighted by atomic mass is 127. The van der Waals surface area contributed by atoms with Gasteiger partial charge in [-0.15, -0.1) is 0 Å². The van der Waals surface area contributed by atoms with E-state index in [4.69, 9.17) is 4.74 Å². The van der Waals surface area contributed by atoms with Crippen LogP contribution in [-0.2, 0) is 4.74 Å². The van der Waals surface area contributed by atoms with Crippen molar-refractivity contribution >= 4 is 52.8 Å². The topological polar surface area (TPSA) is 78.8 Å². The highest BCUT2D eigenvalue weighted by molar-refractivity contribution is 14.2. The van der Waals surface area contributed by atoms with Gasteiger partial charge in [0.2, 0.25) is 0 Å². The van der Waals surface area contributed by atoms with Crippen LogP contribution in [-0.4, -0.2) is 23.3 Å². The van der Waals surface area contributed by atoms with Crippen molar-refractivity contribution in [3.05, 3.63) is 53.1 Å². The first-order chi connectivity index (χ1) is 12.9. The molecule has 27 heavy (non-hydrogen) atoms. The molecule has 3 rings (SSSR count). The second-order valence-corrected chi connectivity index (χ2v) is 7.84. The van der Waals surface area contributed by atoms with Crippen molar-refractivity contribution < 1.29 is 19.7 Å². The van der Waals surface area contributed by atoms with Crippen molar-refractivity contribution in [2.24, 2.45) is 0 Å². The van der Waals surface area contributed by atoms with Gasteiger partial charge in [-0.3, -0.25) is 0 Å². The molecule has 0 saturated carbocycles. The maximum absolute atomic E-state index is 11.8. The Balaban J connectivity index is 2.35. The number of rotatable bonds is 4. The van der Waals surface area contributed by atoms with Gasteiger partial charge in [0.15, 0.2) is 0 Å². The summed E-state index contributed by atoms with van der Waals surface area (Å²) in [5.74, 6) is -0.242. The Kier molecular flexibility index (Phi) is 5.71. The molecule has 0 bridgehead atoms. The molecule has 0 aliphatic carbocycles. The first-order valence-electron chi connectivity index (χ1n) is 8.10. The molecule has 0 heterocycles. The lowest BCUT2D eigenvalue weighted by molar-refractivity contribution is 0.0601. The van der Waals surface area contributed by atoms with Crippen LogP contribution in [0.25, 0.3) is 21.9 Å². The Labute approximate surface area is 173 Å². The van der Waals surface area contributed by atoms with Crippen LogP contribution in [0.1, 0.15) is 21.5 Å². The molecule has 0 unspecified atom stereocenters. The summed E-state index contributed by atoms with van der Waals surface area (Å²) in [5.41, 5.74) is 3.91. The van der Waals surface area contributed by atoms with Gasteiger partial charge in [0, 0.05) is 47.1 Å². The molecule has 0 aromatic heterocycles. The number of halogens is 1. The van der Waals surface area contributed by atoms with Crippen LogP contribution in [0.4, 0.5) is 5.69 Å². The number of phenolic OH excluding ortho intramolecular Hbond substituents is 2. The number of ether oxygens (including phenoxy) is 1. The lowest BCUT2D eigenvalue weighted by Crippen LogP contribution is -2.01. The molecule has 0 saturated heterocycles. The van der Waals surface area contributed by atoms with Crippen LogP contribution in [0.3, 0.4) is 0 Å². The number of anilines is 1. The number of benzene rings is 3. The van der Waals surface area contributed by atoms with E-state index in [1.54, 1.807) is 30.3 Å². The summed E-state index contributed by atoms with van der Waals surface area (Å²) in [4.78, 5) is 11.8. The molecule has 140 valence electrons. The second-order valence-electron chi connectivity index (χ2n) is 6.16. The maximum Gasteiger partial charge on any atom is 0.337 e. The Hall–Kier alpha value is -2.13. The van der Waals surface area contributed by atoms with Crippen LogP contribution >= 0.6 is 30.3 Å². The van der Waals surface area contributed by atoms with Gasteiger partial charge in [0.05, 0.1) is 12.7 Å². The van der Waals surface area contributed by atoms with E-state index in [1.165, 1.54) is 16.2 Å². The average molecular weight is 495 g/mol. The van der Waals surface area contributed by atoms with E-state index in [9.17, 15) is 15.0 Å². The van der Waals surface area contributed by atoms with Gasteiger partial charge >= 0.3 is 5.97 Å². The number of aromatic hydroxyl groups is 2. The van der Waals surface area contributed by atoms with E-state index in [2.05, 4.69) is 25.9 Å². The third kappa shape index (κ3) is 3.53. The monoisotopic (exact) mass is 495 g/mol. The summed E-state index contributed by atoms with van der Waals surface area (Å²) in [6.07, 6.45) is 0. The zero-order valence-corrected chi connectivity index (χ0v) is 17.9. The van der Waals surface area contributed by atoms with E-state index in [0.717, 1.165) is 22.0 Å². The molecule has 7 heteroatoms. The zero-order chi connectivity index (χ0) is 19.7. The molecular formula is C20H18INO4S. The Bertz CT molecular complexity index is 1050. The third-order valence-corrected chi connectivity index (χ3v) is 5.53. The maximum atomic E-state index is 11.8. The van der Waals surface area contributed by atoms with Crippen molar-refractivity contribution in [3.8, 4) is 22.6 Å². The van der Waals surface area contributed by atoms with E-state index in [1.807, 2.05) is 19.9 Å². The minimum Gasteiger partial charge on any atom is -0.507 e. The number of phenols is 2. The summed E-state index contributed by atoms with van der Waals surface area (Å²) < 4.78 is 7.98. The van der Waals surface area contributed by atoms with Gasteiger partial charge in [-0.25, -0.2) is 4.79 Å². The van der Waals surface area contributed by atoms with Crippen LogP contribution in [0.2, 0.25) is 0 Å². The number of esters is 1. The van der Waals surface area contributed by atoms with Gasteiger partial charge in [0.1, 0.15) is 11.5 Å². The number of methoxy groups -OCH3 is 1. The Morgan fingerprint density at radius 3 is 2.52 bits per heavy atom. The van der Waals surface area contributed by atoms with Crippen LogP contribution in [0.5, 0.6) is 11.5 Å². The Morgan fingerprint density at radius 2 is 1.85 bits per heavy atom. The van der Waals surface area contributed by atoms with Crippen molar-refractivity contribution in [3.63, 3.8) is 0 Å². The number of carbonyl (C=O) groups is 1. The fourth-order valence-corrected chi connectivity index (χ4v) is 4.19. The highest BCUT2D eigenvalue weighted by Crippen LogP contribution is 2.46. The fraction of sp³-hybridized carbons (Fsp3) is 0.150. The molecule has 0 aliphatic heterocycles. The quantitative estimate of drug-likeness (QED) is 0.186. The molecule has 0 spiro atoms. The number of hydrogen-bond acceptors (Lipinski definition) is 6. The minimum atomic E-state index is -0.424. The SMILES string of the molecule is COC(=O)c1ccc2c(-c3c(C)c(NSI)cc(C)c3O)c(O)ccc2c1. The van der Waals surface area contributed by atoms with E-state index in [0.29, 0.717) is 22.3 Å². The number of fused-ring (bicyclic) bond motifs is 1.